The summed E-state index contributed by atoms with van der Waals surface area (Å²) >= 11 is 0. The Morgan fingerprint density at radius 3 is 2.62 bits per heavy atom. The van der Waals surface area contributed by atoms with Gasteiger partial charge in [-0.2, -0.15) is 4.52 Å². The van der Waals surface area contributed by atoms with Crippen LogP contribution in [0.25, 0.3) is 5.65 Å². The normalized spacial score (nSPS) is 18.9. The SMILES string of the molecule is CC(CNc1ccc2nnc(C(C)(C)C)n2n1)CC1(C)OCCO1. The number of anilines is 1. The van der Waals surface area contributed by atoms with Crippen molar-refractivity contribution in [3.8, 4) is 0 Å². The molecular formula is C17H27N5O2. The predicted molar refractivity (Wildman–Crippen MR) is 92.1 cm³/mol. The Balaban J connectivity index is 1.67. The van der Waals surface area contributed by atoms with Crippen LogP contribution in [-0.4, -0.2) is 45.4 Å². The Labute approximate surface area is 142 Å². The fourth-order valence-corrected chi connectivity index (χ4v) is 3.01. The first-order valence-electron chi connectivity index (χ1n) is 8.52. The summed E-state index contributed by atoms with van der Waals surface area (Å²) in [4.78, 5) is 0. The van der Waals surface area contributed by atoms with Gasteiger partial charge in [-0.1, -0.05) is 27.7 Å². The maximum Gasteiger partial charge on any atom is 0.178 e. The number of fused-ring (bicyclic) bond motifs is 1. The average Bonchev–Trinajstić information content (AvgIpc) is 3.10. The molecule has 2 aromatic rings. The van der Waals surface area contributed by atoms with Gasteiger partial charge in [-0.25, -0.2) is 0 Å². The van der Waals surface area contributed by atoms with Gasteiger partial charge in [0.2, 0.25) is 0 Å². The molecule has 1 saturated heterocycles. The molecule has 1 fully saturated rings. The van der Waals surface area contributed by atoms with Crippen LogP contribution in [0, 0.1) is 5.92 Å². The summed E-state index contributed by atoms with van der Waals surface area (Å²) in [6.07, 6.45) is 0.849. The van der Waals surface area contributed by atoms with Crippen LogP contribution in [0.3, 0.4) is 0 Å². The van der Waals surface area contributed by atoms with Crippen molar-refractivity contribution < 1.29 is 9.47 Å². The molecule has 1 atom stereocenters. The highest BCUT2D eigenvalue weighted by Crippen LogP contribution is 2.27. The summed E-state index contributed by atoms with van der Waals surface area (Å²) in [6.45, 7) is 12.7. The van der Waals surface area contributed by atoms with Crippen molar-refractivity contribution in [1.29, 1.82) is 0 Å². The van der Waals surface area contributed by atoms with Gasteiger partial charge in [-0.15, -0.1) is 15.3 Å². The maximum absolute atomic E-state index is 5.68. The van der Waals surface area contributed by atoms with Crippen LogP contribution in [0.15, 0.2) is 12.1 Å². The fourth-order valence-electron chi connectivity index (χ4n) is 3.01. The maximum atomic E-state index is 5.68. The minimum Gasteiger partial charge on any atom is -0.368 e. The van der Waals surface area contributed by atoms with E-state index in [1.807, 2.05) is 23.6 Å². The zero-order valence-corrected chi connectivity index (χ0v) is 15.2. The minimum absolute atomic E-state index is 0.107. The van der Waals surface area contributed by atoms with Gasteiger partial charge >= 0.3 is 0 Å². The van der Waals surface area contributed by atoms with E-state index in [-0.39, 0.29) is 5.41 Å². The second kappa shape index (κ2) is 6.29. The Hall–Kier alpha value is -1.73. The summed E-state index contributed by atoms with van der Waals surface area (Å²) in [5.74, 6) is 1.62. The van der Waals surface area contributed by atoms with Crippen molar-refractivity contribution in [3.05, 3.63) is 18.0 Å². The van der Waals surface area contributed by atoms with E-state index in [0.717, 1.165) is 30.3 Å². The lowest BCUT2D eigenvalue weighted by Gasteiger charge is -2.26. The first-order chi connectivity index (χ1) is 11.3. The molecule has 0 bridgehead atoms. The molecule has 2 aromatic heterocycles. The Kier molecular flexibility index (Phi) is 4.48. The van der Waals surface area contributed by atoms with Crippen LogP contribution in [0.2, 0.25) is 0 Å². The third-order valence-corrected chi connectivity index (χ3v) is 4.18. The second-order valence-electron chi connectivity index (χ2n) is 7.78. The molecule has 3 rings (SSSR count). The van der Waals surface area contributed by atoms with E-state index < -0.39 is 5.79 Å². The number of ether oxygens (including phenoxy) is 2. The topological polar surface area (TPSA) is 73.6 Å². The van der Waals surface area contributed by atoms with Crippen LogP contribution in [0.4, 0.5) is 5.82 Å². The molecule has 132 valence electrons. The second-order valence-corrected chi connectivity index (χ2v) is 7.78. The van der Waals surface area contributed by atoms with Crippen LogP contribution in [-0.2, 0) is 14.9 Å². The Morgan fingerprint density at radius 1 is 1.25 bits per heavy atom. The van der Waals surface area contributed by atoms with Gasteiger partial charge in [0.1, 0.15) is 5.82 Å². The van der Waals surface area contributed by atoms with Crippen molar-refractivity contribution in [2.24, 2.45) is 5.92 Å². The molecule has 7 nitrogen and oxygen atoms in total. The zero-order valence-electron chi connectivity index (χ0n) is 15.2. The molecule has 1 N–H and O–H groups in total. The van der Waals surface area contributed by atoms with Gasteiger partial charge in [-0.05, 0) is 25.0 Å². The van der Waals surface area contributed by atoms with Gasteiger partial charge in [-0.3, -0.25) is 0 Å². The molecule has 0 saturated carbocycles. The largest absolute Gasteiger partial charge is 0.368 e. The van der Waals surface area contributed by atoms with Gasteiger partial charge in [0, 0.05) is 18.4 Å². The molecule has 1 unspecified atom stereocenters. The molecule has 24 heavy (non-hydrogen) atoms. The Morgan fingerprint density at radius 2 is 1.96 bits per heavy atom. The highest BCUT2D eigenvalue weighted by Gasteiger charge is 2.32. The van der Waals surface area contributed by atoms with Crippen LogP contribution in [0.5, 0.6) is 0 Å². The van der Waals surface area contributed by atoms with Gasteiger partial charge in [0.05, 0.1) is 13.2 Å². The number of rotatable bonds is 5. The van der Waals surface area contributed by atoms with Crippen LogP contribution < -0.4 is 5.32 Å². The van der Waals surface area contributed by atoms with Crippen molar-refractivity contribution >= 4 is 11.5 Å². The van der Waals surface area contributed by atoms with E-state index >= 15 is 0 Å². The number of hydrogen-bond donors (Lipinski definition) is 1. The molecule has 1 aliphatic rings. The van der Waals surface area contributed by atoms with Gasteiger partial charge in [0.25, 0.3) is 0 Å². The number of aromatic nitrogens is 4. The lowest BCUT2D eigenvalue weighted by Crippen LogP contribution is -2.30. The third-order valence-electron chi connectivity index (χ3n) is 4.18. The Bertz CT molecular complexity index is 701. The molecule has 1 aliphatic heterocycles. The lowest BCUT2D eigenvalue weighted by atomic mass is 9.96. The average molecular weight is 333 g/mol. The zero-order chi connectivity index (χ0) is 17.4. The standard InChI is InChI=1S/C17H27N5O2/c1-12(10-17(5)23-8-9-24-17)11-18-13-6-7-14-19-20-15(16(2,3)4)22(14)21-13/h6-7,12H,8-11H2,1-5H3,(H,18,21). The minimum atomic E-state index is -0.452. The van der Waals surface area contributed by atoms with E-state index in [2.05, 4.69) is 48.3 Å². The van der Waals surface area contributed by atoms with Crippen LogP contribution >= 0.6 is 0 Å². The molecular weight excluding hydrogens is 306 g/mol. The summed E-state index contributed by atoms with van der Waals surface area (Å²) < 4.78 is 13.2. The summed E-state index contributed by atoms with van der Waals surface area (Å²) in [5.41, 5.74) is 0.656. The molecule has 7 heteroatoms. The molecule has 0 spiro atoms. The predicted octanol–water partition coefficient (Wildman–Crippen LogP) is 2.62. The summed E-state index contributed by atoms with van der Waals surface area (Å²) in [6, 6.07) is 3.88. The van der Waals surface area contributed by atoms with E-state index in [1.54, 1.807) is 0 Å². The quantitative estimate of drug-likeness (QED) is 0.907. The van der Waals surface area contributed by atoms with E-state index in [0.29, 0.717) is 19.1 Å². The molecule has 0 aromatic carbocycles. The number of nitrogens with one attached hydrogen (secondary N) is 1. The third kappa shape index (κ3) is 3.67. The first-order valence-corrected chi connectivity index (χ1v) is 8.52. The molecule has 3 heterocycles. The smallest absolute Gasteiger partial charge is 0.178 e. The first kappa shape index (κ1) is 17.1. The molecule has 0 amide bonds. The van der Waals surface area contributed by atoms with E-state index in [4.69, 9.17) is 9.47 Å². The summed E-state index contributed by atoms with van der Waals surface area (Å²) in [5, 5.41) is 16.5. The van der Waals surface area contributed by atoms with Crippen molar-refractivity contribution in [1.82, 2.24) is 19.8 Å². The van der Waals surface area contributed by atoms with E-state index in [9.17, 15) is 0 Å². The summed E-state index contributed by atoms with van der Waals surface area (Å²) in [7, 11) is 0. The van der Waals surface area contributed by atoms with Crippen molar-refractivity contribution in [2.75, 3.05) is 25.1 Å². The monoisotopic (exact) mass is 333 g/mol. The number of hydrogen-bond acceptors (Lipinski definition) is 6. The fraction of sp³-hybridized carbons (Fsp3) is 0.706. The van der Waals surface area contributed by atoms with Crippen molar-refractivity contribution in [2.45, 2.75) is 52.2 Å². The lowest BCUT2D eigenvalue weighted by molar-refractivity contribution is -0.153. The highest BCUT2D eigenvalue weighted by molar-refractivity contribution is 5.44. The highest BCUT2D eigenvalue weighted by atomic mass is 16.7. The van der Waals surface area contributed by atoms with Gasteiger partial charge in [0.15, 0.2) is 17.3 Å². The van der Waals surface area contributed by atoms with Crippen LogP contribution in [0.1, 0.15) is 46.9 Å². The van der Waals surface area contributed by atoms with Gasteiger partial charge < -0.3 is 14.8 Å². The number of nitrogens with zero attached hydrogens (tertiary/aromatic N) is 4. The molecule has 0 aliphatic carbocycles. The molecule has 0 radical (unpaired) electrons. The van der Waals surface area contributed by atoms with E-state index in [1.165, 1.54) is 0 Å². The van der Waals surface area contributed by atoms with Crippen molar-refractivity contribution in [3.63, 3.8) is 0 Å².